The molecule has 30 heavy (non-hydrogen) atoms. The van der Waals surface area contributed by atoms with Gasteiger partial charge in [0.1, 0.15) is 0 Å². The molecule has 0 unspecified atom stereocenters. The summed E-state index contributed by atoms with van der Waals surface area (Å²) in [6, 6.07) is 17.8. The molecule has 0 spiro atoms. The van der Waals surface area contributed by atoms with E-state index in [1.807, 2.05) is 24.3 Å². The van der Waals surface area contributed by atoms with Crippen molar-refractivity contribution in [3.05, 3.63) is 64.9 Å². The molecule has 4 aromatic rings. The number of aromatic nitrogens is 3. The monoisotopic (exact) mass is 420 g/mol. The molecule has 1 N–H and O–H groups in total. The van der Waals surface area contributed by atoms with Crippen LogP contribution in [0.1, 0.15) is 5.56 Å². The van der Waals surface area contributed by atoms with Gasteiger partial charge in [-0.3, -0.25) is 0 Å². The van der Waals surface area contributed by atoms with Gasteiger partial charge in [0.05, 0.1) is 27.5 Å². The maximum atomic E-state index is 5.45. The summed E-state index contributed by atoms with van der Waals surface area (Å²) in [5, 5.41) is 14.0. The van der Waals surface area contributed by atoms with Gasteiger partial charge in [-0.05, 0) is 35.1 Å². The van der Waals surface area contributed by atoms with Gasteiger partial charge in [-0.15, -0.1) is 0 Å². The van der Waals surface area contributed by atoms with E-state index in [1.54, 1.807) is 44.4 Å². The lowest BCUT2D eigenvalue weighted by Crippen LogP contribution is -1.99. The number of nitrogens with zero attached hydrogens (tertiary/aromatic N) is 3. The topological polar surface area (TPSA) is 73.7 Å². The number of ether oxygens (including phenoxy) is 3. The molecule has 4 rings (SSSR count). The van der Waals surface area contributed by atoms with Gasteiger partial charge >= 0.3 is 0 Å². The summed E-state index contributed by atoms with van der Waals surface area (Å²) in [5.41, 5.74) is 1.69. The SMILES string of the molecule is COc1cc(-c2n[nH]c(=S)n2/N=C/c2cccc3ccccc23)cc(OC)c1OC. The Hall–Kier alpha value is -3.65. The molecule has 1 heterocycles. The van der Waals surface area contributed by atoms with Crippen LogP contribution < -0.4 is 14.2 Å². The molecule has 0 aliphatic heterocycles. The molecule has 1 aromatic heterocycles. The van der Waals surface area contributed by atoms with Crippen molar-refractivity contribution in [1.29, 1.82) is 0 Å². The van der Waals surface area contributed by atoms with Crippen LogP contribution in [0.15, 0.2) is 59.7 Å². The lowest BCUT2D eigenvalue weighted by molar-refractivity contribution is 0.324. The lowest BCUT2D eigenvalue weighted by Gasteiger charge is -2.13. The Bertz CT molecular complexity index is 1260. The molecule has 7 nitrogen and oxygen atoms in total. The highest BCUT2D eigenvalue weighted by Gasteiger charge is 2.17. The zero-order valence-corrected chi connectivity index (χ0v) is 17.6. The van der Waals surface area contributed by atoms with Crippen LogP contribution in [-0.2, 0) is 0 Å². The van der Waals surface area contributed by atoms with Crippen molar-refractivity contribution in [2.45, 2.75) is 0 Å². The van der Waals surface area contributed by atoms with E-state index in [0.29, 0.717) is 33.4 Å². The Morgan fingerprint density at radius 2 is 1.67 bits per heavy atom. The van der Waals surface area contributed by atoms with Crippen LogP contribution in [-0.4, -0.2) is 42.4 Å². The second-order valence-corrected chi connectivity index (χ2v) is 6.78. The molecule has 0 amide bonds. The molecule has 8 heteroatoms. The molecule has 0 aliphatic rings. The molecule has 0 atom stereocenters. The van der Waals surface area contributed by atoms with Crippen molar-refractivity contribution in [2.24, 2.45) is 5.10 Å². The maximum Gasteiger partial charge on any atom is 0.216 e. The Morgan fingerprint density at radius 1 is 0.967 bits per heavy atom. The van der Waals surface area contributed by atoms with Gasteiger partial charge in [0.2, 0.25) is 10.5 Å². The van der Waals surface area contributed by atoms with Gasteiger partial charge in [0, 0.05) is 11.1 Å². The van der Waals surface area contributed by atoms with E-state index >= 15 is 0 Å². The predicted molar refractivity (Wildman–Crippen MR) is 119 cm³/mol. The van der Waals surface area contributed by atoms with Crippen LogP contribution in [0.4, 0.5) is 0 Å². The highest BCUT2D eigenvalue weighted by atomic mass is 32.1. The third-order valence-electron chi connectivity index (χ3n) is 4.71. The molecule has 0 saturated heterocycles. The van der Waals surface area contributed by atoms with E-state index in [-0.39, 0.29) is 0 Å². The van der Waals surface area contributed by atoms with Crippen molar-refractivity contribution >= 4 is 29.2 Å². The molecule has 3 aromatic carbocycles. The minimum absolute atomic E-state index is 0.371. The second kappa shape index (κ2) is 8.38. The van der Waals surface area contributed by atoms with E-state index in [2.05, 4.69) is 33.5 Å². The smallest absolute Gasteiger partial charge is 0.216 e. The average molecular weight is 420 g/mol. The van der Waals surface area contributed by atoms with Crippen molar-refractivity contribution < 1.29 is 14.2 Å². The fourth-order valence-electron chi connectivity index (χ4n) is 3.28. The number of rotatable bonds is 6. The summed E-state index contributed by atoms with van der Waals surface area (Å²) in [5.74, 6) is 2.06. The number of benzene rings is 3. The minimum atomic E-state index is 0.371. The zero-order chi connectivity index (χ0) is 21.1. The van der Waals surface area contributed by atoms with Crippen LogP contribution >= 0.6 is 12.2 Å². The summed E-state index contributed by atoms with van der Waals surface area (Å²) in [7, 11) is 4.69. The van der Waals surface area contributed by atoms with E-state index in [1.165, 1.54) is 0 Å². The average Bonchev–Trinajstić information content (AvgIpc) is 3.16. The molecule has 0 fully saturated rings. The number of nitrogens with one attached hydrogen (secondary N) is 1. The Balaban J connectivity index is 1.81. The van der Waals surface area contributed by atoms with Crippen molar-refractivity contribution in [1.82, 2.24) is 14.9 Å². The van der Waals surface area contributed by atoms with Gasteiger partial charge in [0.15, 0.2) is 17.3 Å². The Morgan fingerprint density at radius 3 is 2.37 bits per heavy atom. The second-order valence-electron chi connectivity index (χ2n) is 6.39. The van der Waals surface area contributed by atoms with Crippen molar-refractivity contribution in [2.75, 3.05) is 21.3 Å². The molecular weight excluding hydrogens is 400 g/mol. The van der Waals surface area contributed by atoms with Gasteiger partial charge < -0.3 is 14.2 Å². The summed E-state index contributed by atoms with van der Waals surface area (Å²) >= 11 is 5.40. The van der Waals surface area contributed by atoms with E-state index < -0.39 is 0 Å². The van der Waals surface area contributed by atoms with Gasteiger partial charge in [-0.25, -0.2) is 5.10 Å². The van der Waals surface area contributed by atoms with Crippen LogP contribution in [0.2, 0.25) is 0 Å². The van der Waals surface area contributed by atoms with Crippen LogP contribution in [0.25, 0.3) is 22.2 Å². The summed E-state index contributed by atoms with van der Waals surface area (Å²) < 4.78 is 18.2. The summed E-state index contributed by atoms with van der Waals surface area (Å²) in [6.45, 7) is 0. The first kappa shape index (κ1) is 19.7. The molecule has 152 valence electrons. The number of H-pyrrole nitrogens is 1. The molecule has 0 bridgehead atoms. The lowest BCUT2D eigenvalue weighted by atomic mass is 10.1. The summed E-state index contributed by atoms with van der Waals surface area (Å²) in [6.07, 6.45) is 1.77. The van der Waals surface area contributed by atoms with E-state index in [4.69, 9.17) is 26.4 Å². The van der Waals surface area contributed by atoms with Gasteiger partial charge in [-0.2, -0.15) is 14.9 Å². The first-order valence-corrected chi connectivity index (χ1v) is 9.57. The largest absolute Gasteiger partial charge is 0.493 e. The first-order chi connectivity index (χ1) is 14.7. The quantitative estimate of drug-likeness (QED) is 0.362. The maximum absolute atomic E-state index is 5.45. The zero-order valence-electron chi connectivity index (χ0n) is 16.7. The molecule has 0 saturated carbocycles. The highest BCUT2D eigenvalue weighted by molar-refractivity contribution is 7.71. The minimum Gasteiger partial charge on any atom is -0.493 e. The van der Waals surface area contributed by atoms with Crippen LogP contribution in [0, 0.1) is 4.77 Å². The Kier molecular flexibility index (Phi) is 5.49. The fourth-order valence-corrected chi connectivity index (χ4v) is 3.46. The normalized spacial score (nSPS) is 11.2. The van der Waals surface area contributed by atoms with Crippen LogP contribution in [0.5, 0.6) is 17.2 Å². The van der Waals surface area contributed by atoms with Crippen molar-refractivity contribution in [3.63, 3.8) is 0 Å². The van der Waals surface area contributed by atoms with Gasteiger partial charge in [0.25, 0.3) is 0 Å². The molecular formula is C22H20N4O3S. The van der Waals surface area contributed by atoms with Crippen LogP contribution in [0.3, 0.4) is 0 Å². The highest BCUT2D eigenvalue weighted by Crippen LogP contribution is 2.40. The molecule has 0 aliphatic carbocycles. The first-order valence-electron chi connectivity index (χ1n) is 9.16. The van der Waals surface area contributed by atoms with Gasteiger partial charge in [-0.1, -0.05) is 42.5 Å². The number of methoxy groups -OCH3 is 3. The van der Waals surface area contributed by atoms with E-state index in [0.717, 1.165) is 16.3 Å². The third kappa shape index (κ3) is 3.53. The predicted octanol–water partition coefficient (Wildman–Crippen LogP) is 4.67. The van der Waals surface area contributed by atoms with Crippen molar-refractivity contribution in [3.8, 4) is 28.6 Å². The third-order valence-corrected chi connectivity index (χ3v) is 4.97. The summed E-state index contributed by atoms with van der Waals surface area (Å²) in [4.78, 5) is 0. The number of hydrogen-bond donors (Lipinski definition) is 1. The van der Waals surface area contributed by atoms with E-state index in [9.17, 15) is 0 Å². The molecule has 0 radical (unpaired) electrons. The Labute approximate surface area is 178 Å². The number of hydrogen-bond acceptors (Lipinski definition) is 6. The fraction of sp³-hybridized carbons (Fsp3) is 0.136. The standard InChI is InChI=1S/C22H20N4O3S/c1-27-18-11-16(12-19(28-2)20(18)29-3)21-24-25-22(30)26(21)23-13-15-9-6-8-14-7-4-5-10-17(14)15/h4-13H,1-3H3,(H,25,30)/b23-13+. The number of aromatic amines is 1. The number of fused-ring (bicyclic) bond motifs is 1.